The fourth-order valence-electron chi connectivity index (χ4n) is 5.13. The van der Waals surface area contributed by atoms with Crippen LogP contribution >= 0.6 is 0 Å². The molecular weight excluding hydrogens is 440 g/mol. The summed E-state index contributed by atoms with van der Waals surface area (Å²) in [5.74, 6) is 0.967. The van der Waals surface area contributed by atoms with Gasteiger partial charge in [0.05, 0.1) is 12.7 Å². The van der Waals surface area contributed by atoms with Gasteiger partial charge in [-0.05, 0) is 56.2 Å². The number of para-hydroxylation sites is 1. The summed E-state index contributed by atoms with van der Waals surface area (Å²) in [7, 11) is 1.58. The third kappa shape index (κ3) is 6.04. The van der Waals surface area contributed by atoms with Crippen LogP contribution in [0, 0.1) is 11.5 Å². The molecule has 2 fully saturated rings. The molecular formula is C27H34N6O2. The largest absolute Gasteiger partial charge is 0.496 e. The summed E-state index contributed by atoms with van der Waals surface area (Å²) in [5.41, 5.74) is 1.62. The molecule has 1 saturated heterocycles. The number of nitrogens with one attached hydrogen (secondary N) is 3. The van der Waals surface area contributed by atoms with Gasteiger partial charge < -0.3 is 15.4 Å². The number of hydrogen-bond donors (Lipinski definition) is 3. The number of hydrogen-bond acceptors (Lipinski definition) is 5. The fraction of sp³-hybridized carbons (Fsp3) is 0.444. The van der Waals surface area contributed by atoms with E-state index in [0.717, 1.165) is 51.6 Å². The van der Waals surface area contributed by atoms with Gasteiger partial charge in [0.25, 0.3) is 5.91 Å². The Labute approximate surface area is 207 Å². The van der Waals surface area contributed by atoms with Crippen molar-refractivity contribution in [2.24, 2.45) is 5.10 Å². The lowest BCUT2D eigenvalue weighted by atomic mass is 9.68. The van der Waals surface area contributed by atoms with Crippen LogP contribution in [-0.2, 0) is 5.41 Å². The Morgan fingerprint density at radius 1 is 1.11 bits per heavy atom. The van der Waals surface area contributed by atoms with Crippen LogP contribution in [-0.4, -0.2) is 49.7 Å². The van der Waals surface area contributed by atoms with Crippen LogP contribution in [0.15, 0.2) is 59.7 Å². The van der Waals surface area contributed by atoms with Crippen LogP contribution in [0.4, 0.5) is 0 Å². The zero-order valence-electron chi connectivity index (χ0n) is 20.3. The molecule has 1 aliphatic heterocycles. The lowest BCUT2D eigenvalue weighted by molar-refractivity contribution is 0.0932. The van der Waals surface area contributed by atoms with Crippen LogP contribution in [0.5, 0.6) is 5.75 Å². The highest BCUT2D eigenvalue weighted by molar-refractivity contribution is 5.97. The second-order valence-electron chi connectivity index (χ2n) is 9.29. The second kappa shape index (κ2) is 11.6. The van der Waals surface area contributed by atoms with E-state index < -0.39 is 0 Å². The Kier molecular flexibility index (Phi) is 8.09. The van der Waals surface area contributed by atoms with Crippen molar-refractivity contribution >= 4 is 11.9 Å². The highest BCUT2D eigenvalue weighted by atomic mass is 16.5. The number of ether oxygens (including phenoxy) is 1. The number of benzene rings is 2. The van der Waals surface area contributed by atoms with Gasteiger partial charge in [-0.2, -0.15) is 5.26 Å². The number of carbonyl (C=O) groups excluding carboxylic acids is 1. The van der Waals surface area contributed by atoms with E-state index in [0.29, 0.717) is 23.8 Å². The minimum Gasteiger partial charge on any atom is -0.496 e. The predicted molar refractivity (Wildman–Crippen MR) is 136 cm³/mol. The van der Waals surface area contributed by atoms with E-state index in [1.54, 1.807) is 19.2 Å². The van der Waals surface area contributed by atoms with Crippen molar-refractivity contribution in [1.82, 2.24) is 21.0 Å². The first-order valence-corrected chi connectivity index (χ1v) is 12.4. The molecule has 1 amide bonds. The van der Waals surface area contributed by atoms with Crippen molar-refractivity contribution < 1.29 is 9.53 Å². The molecule has 0 atom stereocenters. The molecule has 8 heteroatoms. The quantitative estimate of drug-likeness (QED) is 0.246. The molecule has 3 N–H and O–H groups in total. The number of rotatable bonds is 7. The van der Waals surface area contributed by atoms with Crippen molar-refractivity contribution in [3.63, 3.8) is 0 Å². The summed E-state index contributed by atoms with van der Waals surface area (Å²) in [6, 6.07) is 17.9. The smallest absolute Gasteiger partial charge is 0.255 e. The van der Waals surface area contributed by atoms with Gasteiger partial charge in [0, 0.05) is 31.1 Å². The normalized spacial score (nSPS) is 22.2. The van der Waals surface area contributed by atoms with E-state index in [1.807, 2.05) is 29.4 Å². The summed E-state index contributed by atoms with van der Waals surface area (Å²) in [6.07, 6.45) is 7.90. The summed E-state index contributed by atoms with van der Waals surface area (Å²) in [4.78, 5) is 13.0. The molecule has 2 aromatic rings. The van der Waals surface area contributed by atoms with E-state index in [4.69, 9.17) is 4.74 Å². The molecule has 35 heavy (non-hydrogen) atoms. The summed E-state index contributed by atoms with van der Waals surface area (Å²) >= 11 is 0. The van der Waals surface area contributed by atoms with E-state index in [-0.39, 0.29) is 17.4 Å². The van der Waals surface area contributed by atoms with Gasteiger partial charge in [-0.25, -0.2) is 0 Å². The Hall–Kier alpha value is -3.73. The van der Waals surface area contributed by atoms with Crippen LogP contribution in [0.25, 0.3) is 0 Å². The molecule has 0 bridgehead atoms. The van der Waals surface area contributed by atoms with Gasteiger partial charge in [-0.3, -0.25) is 15.1 Å². The van der Waals surface area contributed by atoms with E-state index in [2.05, 4.69) is 45.3 Å². The topological polar surface area (TPSA) is 102 Å². The highest BCUT2D eigenvalue weighted by Gasteiger charge is 2.37. The van der Waals surface area contributed by atoms with Crippen molar-refractivity contribution in [2.45, 2.75) is 50.0 Å². The van der Waals surface area contributed by atoms with Gasteiger partial charge in [0.15, 0.2) is 6.19 Å². The Bertz CT molecular complexity index is 1050. The SMILES string of the molecule is COc1ccccc1C(=O)NCC1(c2ccccc2)CCC(N/C(=N/N2CCCC2)NC#N)CC1. The van der Waals surface area contributed by atoms with E-state index >= 15 is 0 Å². The fourth-order valence-corrected chi connectivity index (χ4v) is 5.13. The second-order valence-corrected chi connectivity index (χ2v) is 9.29. The molecule has 1 heterocycles. The molecule has 0 aromatic heterocycles. The van der Waals surface area contributed by atoms with Crippen LogP contribution in [0.1, 0.15) is 54.4 Å². The monoisotopic (exact) mass is 474 g/mol. The minimum atomic E-state index is -0.161. The van der Waals surface area contributed by atoms with Gasteiger partial charge in [0.2, 0.25) is 5.96 Å². The zero-order valence-corrected chi connectivity index (χ0v) is 20.3. The average Bonchev–Trinajstić information content (AvgIpc) is 3.42. The van der Waals surface area contributed by atoms with Gasteiger partial charge in [0.1, 0.15) is 5.75 Å². The number of carbonyl (C=O) groups is 1. The lowest BCUT2D eigenvalue weighted by Crippen LogP contribution is -2.49. The molecule has 2 aromatic carbocycles. The Balaban J connectivity index is 1.44. The summed E-state index contributed by atoms with van der Waals surface area (Å²) in [5, 5.41) is 25.1. The highest BCUT2D eigenvalue weighted by Crippen LogP contribution is 2.39. The number of guanidine groups is 1. The molecule has 0 unspecified atom stereocenters. The molecule has 184 valence electrons. The predicted octanol–water partition coefficient (Wildman–Crippen LogP) is 3.33. The van der Waals surface area contributed by atoms with Crippen LogP contribution in [0.2, 0.25) is 0 Å². The number of nitrogens with zero attached hydrogens (tertiary/aromatic N) is 3. The third-order valence-corrected chi connectivity index (χ3v) is 7.11. The first-order chi connectivity index (χ1) is 17.1. The van der Waals surface area contributed by atoms with Gasteiger partial charge in [-0.1, -0.05) is 42.5 Å². The molecule has 8 nitrogen and oxygen atoms in total. The molecule has 0 radical (unpaired) electrons. The number of methoxy groups -OCH3 is 1. The Morgan fingerprint density at radius 2 is 1.80 bits per heavy atom. The van der Waals surface area contributed by atoms with Crippen molar-refractivity contribution in [3.8, 4) is 11.9 Å². The maximum atomic E-state index is 13.0. The summed E-state index contributed by atoms with van der Waals surface area (Å²) < 4.78 is 5.37. The molecule has 4 rings (SSSR count). The van der Waals surface area contributed by atoms with E-state index in [9.17, 15) is 10.1 Å². The van der Waals surface area contributed by atoms with Gasteiger partial charge in [-0.15, -0.1) is 5.10 Å². The zero-order chi connectivity index (χ0) is 24.5. The molecule has 0 spiro atoms. The van der Waals surface area contributed by atoms with Crippen molar-refractivity contribution in [2.75, 3.05) is 26.7 Å². The number of hydrazone groups is 1. The lowest BCUT2D eigenvalue weighted by Gasteiger charge is -2.41. The molecule has 2 aliphatic rings. The average molecular weight is 475 g/mol. The van der Waals surface area contributed by atoms with Crippen molar-refractivity contribution in [1.29, 1.82) is 5.26 Å². The Morgan fingerprint density at radius 3 is 2.49 bits per heavy atom. The van der Waals surface area contributed by atoms with Crippen LogP contribution < -0.4 is 20.7 Å². The number of amides is 1. The number of nitriles is 1. The first kappa shape index (κ1) is 24.4. The van der Waals surface area contributed by atoms with Gasteiger partial charge >= 0.3 is 0 Å². The summed E-state index contributed by atoms with van der Waals surface area (Å²) in [6.45, 7) is 2.39. The standard InChI is InChI=1S/C27H34N6O2/c1-35-24-12-6-5-11-23(24)25(34)29-19-27(21-9-3-2-4-10-21)15-13-22(14-16-27)31-26(30-20-28)32-33-17-7-8-18-33/h2-6,9-12,22H,7-8,13-19H2,1H3,(H,29,34)(H2,30,31,32). The maximum Gasteiger partial charge on any atom is 0.255 e. The maximum absolute atomic E-state index is 13.0. The first-order valence-electron chi connectivity index (χ1n) is 12.4. The minimum absolute atomic E-state index is 0.128. The van der Waals surface area contributed by atoms with Crippen molar-refractivity contribution in [3.05, 3.63) is 65.7 Å². The molecule has 1 saturated carbocycles. The van der Waals surface area contributed by atoms with Crippen LogP contribution in [0.3, 0.4) is 0 Å². The third-order valence-electron chi connectivity index (χ3n) is 7.11. The van der Waals surface area contributed by atoms with E-state index in [1.165, 1.54) is 5.56 Å². The molecule has 1 aliphatic carbocycles.